The quantitative estimate of drug-likeness (QED) is 0.664. The lowest BCUT2D eigenvalue weighted by Gasteiger charge is -2.26. The molecule has 0 spiro atoms. The molecule has 122 valence electrons. The van der Waals surface area contributed by atoms with Gasteiger partial charge in [0.2, 0.25) is 11.8 Å². The molecule has 1 unspecified atom stereocenters. The summed E-state index contributed by atoms with van der Waals surface area (Å²) in [5, 5.41) is 12.0. The number of carbonyl (C=O) groups excluding carboxylic acids is 2. The molecule has 2 N–H and O–H groups in total. The van der Waals surface area contributed by atoms with Gasteiger partial charge in [0.05, 0.1) is 37.4 Å². The molecule has 0 radical (unpaired) electrons. The molecule has 0 saturated carbocycles. The summed E-state index contributed by atoms with van der Waals surface area (Å²) in [6.07, 6.45) is 0.750. The summed E-state index contributed by atoms with van der Waals surface area (Å²) in [5.74, 6) is 0.885. The van der Waals surface area contributed by atoms with Gasteiger partial charge in [-0.3, -0.25) is 9.59 Å². The molecule has 1 rings (SSSR count). The van der Waals surface area contributed by atoms with Crippen molar-refractivity contribution in [3.8, 4) is 0 Å². The molecule has 1 fully saturated rings. The van der Waals surface area contributed by atoms with Gasteiger partial charge in [0, 0.05) is 13.1 Å². The Morgan fingerprint density at radius 1 is 1.29 bits per heavy atom. The van der Waals surface area contributed by atoms with Crippen LogP contribution >= 0.6 is 11.8 Å². The average Bonchev–Trinajstić information content (AvgIpc) is 2.46. The molecule has 7 heteroatoms. The lowest BCUT2D eigenvalue weighted by Crippen LogP contribution is -2.42. The van der Waals surface area contributed by atoms with Crippen LogP contribution in [0, 0.1) is 5.92 Å². The number of aliphatic hydroxyl groups excluding tert-OH is 1. The second-order valence-electron chi connectivity index (χ2n) is 5.56. The fourth-order valence-corrected chi connectivity index (χ4v) is 2.88. The minimum atomic E-state index is -0.201. The molecule has 1 aliphatic heterocycles. The van der Waals surface area contributed by atoms with Crippen LogP contribution in [-0.4, -0.2) is 72.3 Å². The van der Waals surface area contributed by atoms with E-state index in [1.807, 2.05) is 13.8 Å². The molecular weight excluding hydrogens is 292 g/mol. The van der Waals surface area contributed by atoms with Crippen LogP contribution in [0.1, 0.15) is 20.3 Å². The van der Waals surface area contributed by atoms with E-state index >= 15 is 0 Å². The molecule has 6 nitrogen and oxygen atoms in total. The third-order valence-corrected chi connectivity index (χ3v) is 4.08. The van der Waals surface area contributed by atoms with E-state index in [2.05, 4.69) is 5.32 Å². The number of hydrogen-bond donors (Lipinski definition) is 2. The topological polar surface area (TPSA) is 78.9 Å². The first-order chi connectivity index (χ1) is 10.0. The Balaban J connectivity index is 2.18. The van der Waals surface area contributed by atoms with Gasteiger partial charge in [-0.15, -0.1) is 11.8 Å². The Kier molecular flexibility index (Phi) is 8.72. The van der Waals surface area contributed by atoms with E-state index in [1.54, 1.807) is 4.90 Å². The Morgan fingerprint density at radius 2 is 1.95 bits per heavy atom. The van der Waals surface area contributed by atoms with Crippen LogP contribution in [0.3, 0.4) is 0 Å². The monoisotopic (exact) mass is 318 g/mol. The Morgan fingerprint density at radius 3 is 2.52 bits per heavy atom. The summed E-state index contributed by atoms with van der Waals surface area (Å²) >= 11 is 1.31. The van der Waals surface area contributed by atoms with Crippen molar-refractivity contribution in [2.24, 2.45) is 5.92 Å². The zero-order chi connectivity index (χ0) is 15.7. The lowest BCUT2D eigenvalue weighted by molar-refractivity contribution is -0.132. The Bertz CT molecular complexity index is 333. The Hall–Kier alpha value is -0.790. The summed E-state index contributed by atoms with van der Waals surface area (Å²) in [6.45, 7) is 6.48. The van der Waals surface area contributed by atoms with Gasteiger partial charge in [-0.2, -0.15) is 0 Å². The molecule has 1 aliphatic rings. The number of amides is 2. The van der Waals surface area contributed by atoms with Crippen molar-refractivity contribution in [3.63, 3.8) is 0 Å². The van der Waals surface area contributed by atoms with Gasteiger partial charge < -0.3 is 20.1 Å². The zero-order valence-electron chi connectivity index (χ0n) is 12.8. The van der Waals surface area contributed by atoms with Crippen molar-refractivity contribution < 1.29 is 19.4 Å². The number of nitrogens with one attached hydrogen (secondary N) is 1. The predicted molar refractivity (Wildman–Crippen MR) is 83.2 cm³/mol. The number of aliphatic hydroxyl groups is 1. The number of morpholine rings is 1. The number of nitrogens with zero attached hydrogens (tertiary/aromatic N) is 1. The first kappa shape index (κ1) is 18.3. The van der Waals surface area contributed by atoms with Gasteiger partial charge in [0.1, 0.15) is 0 Å². The molecule has 1 atom stereocenters. The van der Waals surface area contributed by atoms with Crippen molar-refractivity contribution in [1.82, 2.24) is 10.2 Å². The van der Waals surface area contributed by atoms with Crippen molar-refractivity contribution >= 4 is 23.6 Å². The van der Waals surface area contributed by atoms with Crippen LogP contribution in [0.2, 0.25) is 0 Å². The summed E-state index contributed by atoms with van der Waals surface area (Å²) in [7, 11) is 0. The zero-order valence-corrected chi connectivity index (χ0v) is 13.7. The third-order valence-electron chi connectivity index (χ3n) is 3.16. The first-order valence-electron chi connectivity index (χ1n) is 7.36. The van der Waals surface area contributed by atoms with Crippen LogP contribution in [0.15, 0.2) is 0 Å². The van der Waals surface area contributed by atoms with E-state index in [4.69, 9.17) is 4.74 Å². The van der Waals surface area contributed by atoms with E-state index < -0.39 is 0 Å². The molecule has 0 aromatic rings. The summed E-state index contributed by atoms with van der Waals surface area (Å²) < 4.78 is 5.19. The minimum Gasteiger partial charge on any atom is -0.394 e. The number of ether oxygens (including phenoxy) is 1. The standard InChI is InChI=1S/C14H26N2O4S/c1-11(2)7-12(8-17)15-13(18)9-21-10-14(19)16-3-5-20-6-4-16/h11-12,17H,3-10H2,1-2H3,(H,15,18). The molecule has 1 heterocycles. The minimum absolute atomic E-state index is 0.0528. The average molecular weight is 318 g/mol. The third kappa shape index (κ3) is 7.68. The fraction of sp³-hybridized carbons (Fsp3) is 0.857. The lowest BCUT2D eigenvalue weighted by atomic mass is 10.0. The molecule has 21 heavy (non-hydrogen) atoms. The molecule has 0 bridgehead atoms. The van der Waals surface area contributed by atoms with Crippen LogP contribution < -0.4 is 5.32 Å². The van der Waals surface area contributed by atoms with Gasteiger partial charge in [-0.25, -0.2) is 0 Å². The second kappa shape index (κ2) is 10.0. The van der Waals surface area contributed by atoms with Gasteiger partial charge in [0.15, 0.2) is 0 Å². The molecule has 1 saturated heterocycles. The highest BCUT2D eigenvalue weighted by Crippen LogP contribution is 2.07. The SMILES string of the molecule is CC(C)CC(CO)NC(=O)CSCC(=O)N1CCOCC1. The maximum atomic E-state index is 11.9. The highest BCUT2D eigenvalue weighted by molar-refractivity contribution is 8.00. The maximum Gasteiger partial charge on any atom is 0.232 e. The van der Waals surface area contributed by atoms with E-state index in [0.29, 0.717) is 38.0 Å². The first-order valence-corrected chi connectivity index (χ1v) is 8.52. The molecule has 2 amide bonds. The van der Waals surface area contributed by atoms with Gasteiger partial charge >= 0.3 is 0 Å². The van der Waals surface area contributed by atoms with Crippen LogP contribution in [0.4, 0.5) is 0 Å². The van der Waals surface area contributed by atoms with Gasteiger partial charge in [0.25, 0.3) is 0 Å². The van der Waals surface area contributed by atoms with Crippen LogP contribution in [-0.2, 0) is 14.3 Å². The van der Waals surface area contributed by atoms with Crippen molar-refractivity contribution in [1.29, 1.82) is 0 Å². The predicted octanol–water partition coefficient (Wildman–Crippen LogP) is 0.102. The number of carbonyl (C=O) groups is 2. The normalized spacial score (nSPS) is 16.9. The molecule has 0 aromatic carbocycles. The summed E-state index contributed by atoms with van der Waals surface area (Å²) in [6, 6.07) is -0.201. The van der Waals surface area contributed by atoms with Crippen LogP contribution in [0.5, 0.6) is 0 Å². The van der Waals surface area contributed by atoms with E-state index in [1.165, 1.54) is 11.8 Å². The van der Waals surface area contributed by atoms with Gasteiger partial charge in [-0.05, 0) is 12.3 Å². The van der Waals surface area contributed by atoms with Gasteiger partial charge in [-0.1, -0.05) is 13.8 Å². The summed E-state index contributed by atoms with van der Waals surface area (Å²) in [5.41, 5.74) is 0. The smallest absolute Gasteiger partial charge is 0.232 e. The van der Waals surface area contributed by atoms with E-state index in [-0.39, 0.29) is 30.2 Å². The largest absolute Gasteiger partial charge is 0.394 e. The highest BCUT2D eigenvalue weighted by Gasteiger charge is 2.18. The van der Waals surface area contributed by atoms with Crippen molar-refractivity contribution in [2.45, 2.75) is 26.3 Å². The highest BCUT2D eigenvalue weighted by atomic mass is 32.2. The number of hydrogen-bond acceptors (Lipinski definition) is 5. The van der Waals surface area contributed by atoms with E-state index in [0.717, 1.165) is 6.42 Å². The van der Waals surface area contributed by atoms with Crippen molar-refractivity contribution in [2.75, 3.05) is 44.4 Å². The summed E-state index contributed by atoms with van der Waals surface area (Å²) in [4.78, 5) is 25.4. The fourth-order valence-electron chi connectivity index (χ4n) is 2.15. The maximum absolute atomic E-state index is 11.9. The number of rotatable bonds is 8. The molecule has 0 aliphatic carbocycles. The van der Waals surface area contributed by atoms with E-state index in [9.17, 15) is 14.7 Å². The number of thioether (sulfide) groups is 1. The van der Waals surface area contributed by atoms with Crippen molar-refractivity contribution in [3.05, 3.63) is 0 Å². The Labute approximate surface area is 130 Å². The van der Waals surface area contributed by atoms with Crippen LogP contribution in [0.25, 0.3) is 0 Å². The molecular formula is C14H26N2O4S. The molecule has 0 aromatic heterocycles. The second-order valence-corrected chi connectivity index (χ2v) is 6.55.